The maximum atomic E-state index is 12.1. The Labute approximate surface area is 155 Å². The van der Waals surface area contributed by atoms with Crippen LogP contribution in [0, 0.1) is 5.92 Å². The molecule has 0 radical (unpaired) electrons. The fraction of sp³-hybridized carbons (Fsp3) is 0.611. The van der Waals surface area contributed by atoms with E-state index in [4.69, 9.17) is 15.2 Å². The molecule has 1 fully saturated rings. The van der Waals surface area contributed by atoms with E-state index in [-0.39, 0.29) is 36.9 Å². The molecule has 1 aliphatic rings. The molecule has 1 aliphatic heterocycles. The van der Waals surface area contributed by atoms with E-state index < -0.39 is 12.1 Å². The van der Waals surface area contributed by atoms with Gasteiger partial charge in [0.1, 0.15) is 5.75 Å². The Hall–Kier alpha value is -1.34. The minimum Gasteiger partial charge on any atom is -0.491 e. The van der Waals surface area contributed by atoms with Crippen LogP contribution in [0.15, 0.2) is 24.3 Å². The van der Waals surface area contributed by atoms with Crippen molar-refractivity contribution in [3.8, 4) is 5.75 Å². The molecule has 2 unspecified atom stereocenters. The zero-order valence-corrected chi connectivity index (χ0v) is 15.6. The molecule has 2 rings (SSSR count). The lowest BCUT2D eigenvalue weighted by Crippen LogP contribution is -2.47. The first-order valence-electron chi connectivity index (χ1n) is 8.53. The summed E-state index contributed by atoms with van der Waals surface area (Å²) in [6, 6.07) is 6.67. The first-order valence-corrected chi connectivity index (χ1v) is 8.53. The molecular formula is C18H29ClN2O4. The molecule has 0 saturated carbocycles. The second-order valence-corrected chi connectivity index (χ2v) is 6.47. The van der Waals surface area contributed by atoms with Crippen molar-refractivity contribution in [1.29, 1.82) is 0 Å². The molecule has 4 N–H and O–H groups in total. The van der Waals surface area contributed by atoms with Crippen molar-refractivity contribution in [2.75, 3.05) is 19.8 Å². The molecule has 142 valence electrons. The maximum absolute atomic E-state index is 12.1. The molecule has 0 aliphatic carbocycles. The number of ether oxygens (including phenoxy) is 2. The number of benzene rings is 1. The van der Waals surface area contributed by atoms with Crippen LogP contribution in [0.1, 0.15) is 38.4 Å². The quantitative estimate of drug-likeness (QED) is 0.678. The first-order chi connectivity index (χ1) is 11.5. The van der Waals surface area contributed by atoms with Gasteiger partial charge >= 0.3 is 0 Å². The molecule has 0 bridgehead atoms. The number of carbonyl (C=O) groups is 1. The molecule has 1 heterocycles. The highest BCUT2D eigenvalue weighted by Gasteiger charge is 2.26. The summed E-state index contributed by atoms with van der Waals surface area (Å²) in [7, 11) is 0. The highest BCUT2D eigenvalue weighted by Crippen LogP contribution is 2.19. The molecule has 1 aromatic carbocycles. The second-order valence-electron chi connectivity index (χ2n) is 6.47. The van der Waals surface area contributed by atoms with Gasteiger partial charge in [-0.3, -0.25) is 4.79 Å². The van der Waals surface area contributed by atoms with Gasteiger partial charge in [0, 0.05) is 19.8 Å². The number of hydrogen-bond donors (Lipinski definition) is 3. The number of amides is 1. The molecule has 2 atom stereocenters. The number of aliphatic hydroxyl groups excluding tert-OH is 1. The fourth-order valence-corrected chi connectivity index (χ4v) is 2.76. The largest absolute Gasteiger partial charge is 0.491 e. The molecular weight excluding hydrogens is 344 g/mol. The highest BCUT2D eigenvalue weighted by atomic mass is 35.5. The molecule has 1 aromatic rings. The Morgan fingerprint density at radius 3 is 2.48 bits per heavy atom. The Balaban J connectivity index is 0.00000312. The Bertz CT molecular complexity index is 518. The molecule has 25 heavy (non-hydrogen) atoms. The zero-order valence-electron chi connectivity index (χ0n) is 14.8. The third-order valence-corrected chi connectivity index (χ3v) is 4.18. The predicted octanol–water partition coefficient (Wildman–Crippen LogP) is 1.80. The highest BCUT2D eigenvalue weighted by molar-refractivity contribution is 5.85. The summed E-state index contributed by atoms with van der Waals surface area (Å²) in [5, 5.41) is 13.0. The normalized spacial score (nSPS) is 17.5. The van der Waals surface area contributed by atoms with Crippen LogP contribution in [0.2, 0.25) is 0 Å². The first kappa shape index (κ1) is 21.7. The zero-order chi connectivity index (χ0) is 17.5. The van der Waals surface area contributed by atoms with Gasteiger partial charge in [-0.25, -0.2) is 0 Å². The standard InChI is InChI=1S/C18H28N2O4.ClH/c1-12(2)24-15-5-3-13(4-6-15)16(21)11-20-18(22)17(19)14-7-9-23-10-8-14;/h3-6,12,14,16-17,21H,7-11,19H2,1-2H3,(H,20,22);1H. The summed E-state index contributed by atoms with van der Waals surface area (Å²) in [6.07, 6.45) is 0.929. The van der Waals surface area contributed by atoms with Gasteiger partial charge in [0.15, 0.2) is 0 Å². The van der Waals surface area contributed by atoms with Crippen LogP contribution in [0.25, 0.3) is 0 Å². The Morgan fingerprint density at radius 1 is 1.32 bits per heavy atom. The Morgan fingerprint density at radius 2 is 1.92 bits per heavy atom. The van der Waals surface area contributed by atoms with Crippen LogP contribution in [-0.4, -0.2) is 42.9 Å². The summed E-state index contributed by atoms with van der Waals surface area (Å²) < 4.78 is 10.8. The van der Waals surface area contributed by atoms with Gasteiger partial charge in [0.2, 0.25) is 5.91 Å². The number of hydrogen-bond acceptors (Lipinski definition) is 5. The number of rotatable bonds is 7. The number of nitrogens with one attached hydrogen (secondary N) is 1. The average Bonchev–Trinajstić information content (AvgIpc) is 2.59. The van der Waals surface area contributed by atoms with Crippen molar-refractivity contribution in [3.05, 3.63) is 29.8 Å². The van der Waals surface area contributed by atoms with Crippen molar-refractivity contribution < 1.29 is 19.4 Å². The van der Waals surface area contributed by atoms with E-state index in [9.17, 15) is 9.90 Å². The summed E-state index contributed by atoms with van der Waals surface area (Å²) in [4.78, 5) is 12.1. The van der Waals surface area contributed by atoms with E-state index in [1.54, 1.807) is 12.1 Å². The number of nitrogens with two attached hydrogens (primary N) is 1. The number of halogens is 1. The van der Waals surface area contributed by atoms with Crippen LogP contribution in [0.4, 0.5) is 0 Å². The van der Waals surface area contributed by atoms with E-state index in [1.807, 2.05) is 26.0 Å². The molecule has 6 nitrogen and oxygen atoms in total. The second kappa shape index (κ2) is 10.6. The summed E-state index contributed by atoms with van der Waals surface area (Å²) in [5.74, 6) is 0.676. The van der Waals surface area contributed by atoms with Gasteiger partial charge in [-0.2, -0.15) is 0 Å². The molecule has 0 aromatic heterocycles. The molecule has 1 saturated heterocycles. The van der Waals surface area contributed by atoms with E-state index in [1.165, 1.54) is 0 Å². The summed E-state index contributed by atoms with van der Waals surface area (Å²) >= 11 is 0. The van der Waals surface area contributed by atoms with Gasteiger partial charge in [0.05, 0.1) is 18.2 Å². The fourth-order valence-electron chi connectivity index (χ4n) is 2.76. The lowest BCUT2D eigenvalue weighted by Gasteiger charge is -2.27. The van der Waals surface area contributed by atoms with Crippen LogP contribution < -0.4 is 15.8 Å². The minimum absolute atomic E-state index is 0. The van der Waals surface area contributed by atoms with Gasteiger partial charge in [0.25, 0.3) is 0 Å². The van der Waals surface area contributed by atoms with Crippen molar-refractivity contribution in [3.63, 3.8) is 0 Å². The van der Waals surface area contributed by atoms with E-state index in [0.717, 1.165) is 24.2 Å². The lowest BCUT2D eigenvalue weighted by atomic mass is 9.92. The van der Waals surface area contributed by atoms with Gasteiger partial charge in [-0.05, 0) is 50.3 Å². The van der Waals surface area contributed by atoms with Crippen molar-refractivity contribution >= 4 is 18.3 Å². The van der Waals surface area contributed by atoms with Crippen molar-refractivity contribution in [2.45, 2.75) is 44.9 Å². The van der Waals surface area contributed by atoms with E-state index in [2.05, 4.69) is 5.32 Å². The third kappa shape index (κ3) is 6.82. The molecule has 1 amide bonds. The van der Waals surface area contributed by atoms with Crippen molar-refractivity contribution in [2.24, 2.45) is 11.7 Å². The summed E-state index contributed by atoms with van der Waals surface area (Å²) in [6.45, 7) is 5.36. The number of carbonyl (C=O) groups excluding carboxylic acids is 1. The van der Waals surface area contributed by atoms with Gasteiger partial charge < -0.3 is 25.6 Å². The average molecular weight is 373 g/mol. The Kier molecular flexibility index (Phi) is 9.21. The van der Waals surface area contributed by atoms with Gasteiger partial charge in [-0.15, -0.1) is 12.4 Å². The van der Waals surface area contributed by atoms with E-state index in [0.29, 0.717) is 13.2 Å². The van der Waals surface area contributed by atoms with E-state index >= 15 is 0 Å². The monoisotopic (exact) mass is 372 g/mol. The minimum atomic E-state index is -0.774. The van der Waals surface area contributed by atoms with Gasteiger partial charge in [-0.1, -0.05) is 12.1 Å². The predicted molar refractivity (Wildman–Crippen MR) is 98.9 cm³/mol. The smallest absolute Gasteiger partial charge is 0.237 e. The van der Waals surface area contributed by atoms with Crippen LogP contribution in [0.5, 0.6) is 5.75 Å². The van der Waals surface area contributed by atoms with Crippen LogP contribution in [-0.2, 0) is 9.53 Å². The van der Waals surface area contributed by atoms with Crippen molar-refractivity contribution in [1.82, 2.24) is 5.32 Å². The van der Waals surface area contributed by atoms with Crippen LogP contribution >= 0.6 is 12.4 Å². The SMILES string of the molecule is CC(C)Oc1ccc(C(O)CNC(=O)C(N)C2CCOCC2)cc1.Cl. The lowest BCUT2D eigenvalue weighted by molar-refractivity contribution is -0.124. The topological polar surface area (TPSA) is 93.8 Å². The maximum Gasteiger partial charge on any atom is 0.237 e. The number of aliphatic hydroxyl groups is 1. The molecule has 7 heteroatoms. The molecule has 0 spiro atoms. The third-order valence-electron chi connectivity index (χ3n) is 4.18. The summed E-state index contributed by atoms with van der Waals surface area (Å²) in [5.41, 5.74) is 6.75. The van der Waals surface area contributed by atoms with Crippen LogP contribution in [0.3, 0.4) is 0 Å².